The van der Waals surface area contributed by atoms with Gasteiger partial charge in [-0.25, -0.2) is 4.68 Å². The Kier molecular flexibility index (Phi) is 5.04. The van der Waals surface area contributed by atoms with Crippen LogP contribution in [-0.2, 0) is 4.79 Å². The van der Waals surface area contributed by atoms with E-state index in [9.17, 15) is 14.9 Å². The number of hydrogen-bond donors (Lipinski definition) is 1. The first kappa shape index (κ1) is 20.7. The van der Waals surface area contributed by atoms with E-state index >= 15 is 0 Å². The van der Waals surface area contributed by atoms with Gasteiger partial charge in [-0.05, 0) is 35.6 Å². The number of nitro groups is 1. The van der Waals surface area contributed by atoms with Gasteiger partial charge in [0.25, 0.3) is 5.69 Å². The van der Waals surface area contributed by atoms with Crippen LogP contribution in [0, 0.1) is 10.1 Å². The van der Waals surface area contributed by atoms with Gasteiger partial charge in [0.2, 0.25) is 5.95 Å². The smallest absolute Gasteiger partial charge is 0.269 e. The van der Waals surface area contributed by atoms with E-state index < -0.39 is 11.0 Å². The molecule has 1 aliphatic carbocycles. The maximum absolute atomic E-state index is 13.5. The molecule has 2 heterocycles. The molecule has 0 radical (unpaired) electrons. The van der Waals surface area contributed by atoms with Crippen LogP contribution in [0.1, 0.15) is 35.9 Å². The van der Waals surface area contributed by atoms with Crippen molar-refractivity contribution < 1.29 is 19.2 Å². The van der Waals surface area contributed by atoms with Crippen LogP contribution in [0.15, 0.2) is 60.1 Å². The molecule has 1 aliphatic heterocycles. The fourth-order valence-corrected chi connectivity index (χ4v) is 4.61. The van der Waals surface area contributed by atoms with Gasteiger partial charge in [-0.15, -0.1) is 0 Å². The third-order valence-electron chi connectivity index (χ3n) is 6.14. The van der Waals surface area contributed by atoms with Crippen LogP contribution >= 0.6 is 0 Å². The Hall–Kier alpha value is -4.21. The number of nitrogens with zero attached hydrogens (tertiary/aromatic N) is 4. The molecular weight excluding hydrogens is 426 g/mol. The summed E-state index contributed by atoms with van der Waals surface area (Å²) >= 11 is 0. The van der Waals surface area contributed by atoms with Crippen molar-refractivity contribution in [2.24, 2.45) is 0 Å². The number of Topliss-reactive ketones (excluding diaryl/α,β-unsaturated/α-hetero) is 1. The number of fused-ring (bicyclic) bond motifs is 1. The van der Waals surface area contributed by atoms with Gasteiger partial charge in [0.1, 0.15) is 12.4 Å². The maximum Gasteiger partial charge on any atom is 0.269 e. The van der Waals surface area contributed by atoms with Crippen molar-refractivity contribution >= 4 is 17.4 Å². The summed E-state index contributed by atoms with van der Waals surface area (Å²) in [7, 11) is 3.16. The van der Waals surface area contributed by atoms with Gasteiger partial charge in [-0.2, -0.15) is 10.1 Å². The fourth-order valence-electron chi connectivity index (χ4n) is 4.61. The van der Waals surface area contributed by atoms with E-state index in [4.69, 9.17) is 9.47 Å². The zero-order chi connectivity index (χ0) is 23.1. The summed E-state index contributed by atoms with van der Waals surface area (Å²) in [6.07, 6.45) is 2.28. The fraction of sp³-hybridized carbons (Fsp3) is 0.261. The maximum atomic E-state index is 13.5. The van der Waals surface area contributed by atoms with Gasteiger partial charge in [0.15, 0.2) is 17.3 Å². The van der Waals surface area contributed by atoms with Crippen LogP contribution < -0.4 is 14.8 Å². The molecule has 0 fully saturated rings. The molecule has 10 nitrogen and oxygen atoms in total. The Morgan fingerprint density at radius 3 is 2.67 bits per heavy atom. The number of hydrogen-bond acceptors (Lipinski definition) is 8. The summed E-state index contributed by atoms with van der Waals surface area (Å²) in [6.45, 7) is 0. The van der Waals surface area contributed by atoms with Crippen molar-refractivity contribution in [1.82, 2.24) is 14.8 Å². The molecule has 10 heteroatoms. The predicted molar refractivity (Wildman–Crippen MR) is 118 cm³/mol. The Labute approximate surface area is 189 Å². The molecule has 1 aromatic heterocycles. The number of nitro benzene ring substituents is 1. The van der Waals surface area contributed by atoms with E-state index in [1.165, 1.54) is 18.5 Å². The first-order valence-corrected chi connectivity index (χ1v) is 10.4. The van der Waals surface area contributed by atoms with E-state index in [-0.39, 0.29) is 17.4 Å². The molecule has 2 aromatic carbocycles. The SMILES string of the molecule is COc1ccc([C@@H]2CC(=O)C3=C(C2)Nc2ncnn2[C@@H]3c2cccc([N+](=O)[O-])c2)cc1OC. The number of nitrogens with one attached hydrogen (secondary N) is 1. The summed E-state index contributed by atoms with van der Waals surface area (Å²) in [6, 6.07) is 11.4. The third-order valence-corrected chi connectivity index (χ3v) is 6.14. The molecule has 0 spiro atoms. The first-order chi connectivity index (χ1) is 16.0. The van der Waals surface area contributed by atoms with E-state index in [1.807, 2.05) is 18.2 Å². The summed E-state index contributed by atoms with van der Waals surface area (Å²) in [4.78, 5) is 28.6. The number of non-ortho nitro benzene ring substituents is 1. The molecule has 0 unspecified atom stereocenters. The molecular formula is C23H21N5O5. The molecule has 5 rings (SSSR count). The molecule has 0 bridgehead atoms. The molecule has 1 N–H and O–H groups in total. The van der Waals surface area contributed by atoms with Crippen molar-refractivity contribution in [3.05, 3.63) is 81.3 Å². The number of ether oxygens (including phenoxy) is 2. The predicted octanol–water partition coefficient (Wildman–Crippen LogP) is 3.62. The van der Waals surface area contributed by atoms with Gasteiger partial charge in [-0.3, -0.25) is 14.9 Å². The monoisotopic (exact) mass is 447 g/mol. The summed E-state index contributed by atoms with van der Waals surface area (Å²) in [5, 5.41) is 18.9. The first-order valence-electron chi connectivity index (χ1n) is 10.4. The lowest BCUT2D eigenvalue weighted by Gasteiger charge is -2.35. The molecule has 33 heavy (non-hydrogen) atoms. The normalized spacial score (nSPS) is 19.4. The molecule has 3 aromatic rings. The van der Waals surface area contributed by atoms with Crippen LogP contribution in [0.3, 0.4) is 0 Å². The number of anilines is 1. The number of rotatable bonds is 5. The van der Waals surface area contributed by atoms with Crippen LogP contribution in [0.5, 0.6) is 11.5 Å². The van der Waals surface area contributed by atoms with Crippen molar-refractivity contribution in [3.8, 4) is 11.5 Å². The average Bonchev–Trinajstić information content (AvgIpc) is 3.30. The van der Waals surface area contributed by atoms with Gasteiger partial charge in [-0.1, -0.05) is 18.2 Å². The largest absolute Gasteiger partial charge is 0.493 e. The summed E-state index contributed by atoms with van der Waals surface area (Å²) in [5.74, 6) is 1.61. The number of ketones is 1. The van der Waals surface area contributed by atoms with E-state index in [0.29, 0.717) is 41.4 Å². The standard InChI is InChI=1S/C23H21N5O5/c1-32-19-7-6-13(11-20(19)33-2)15-9-17-21(18(29)10-15)22(27-23(26-17)24-12-25-27)14-4-3-5-16(8-14)28(30)31/h3-8,11-12,15,22H,9-10H2,1-2H3,(H,24,25,26)/t15-,22+/m0/s1. The molecule has 0 saturated heterocycles. The minimum atomic E-state index is -0.586. The Bertz CT molecular complexity index is 1300. The molecule has 0 saturated carbocycles. The molecule has 168 valence electrons. The zero-order valence-electron chi connectivity index (χ0n) is 18.0. The van der Waals surface area contributed by atoms with Crippen LogP contribution in [0.4, 0.5) is 11.6 Å². The second kappa shape index (κ2) is 8.05. The minimum Gasteiger partial charge on any atom is -0.493 e. The van der Waals surface area contributed by atoms with Gasteiger partial charge < -0.3 is 14.8 Å². The van der Waals surface area contributed by atoms with Crippen molar-refractivity contribution in [1.29, 1.82) is 0 Å². The second-order valence-electron chi connectivity index (χ2n) is 7.94. The van der Waals surface area contributed by atoms with E-state index in [2.05, 4.69) is 15.4 Å². The van der Waals surface area contributed by atoms with Gasteiger partial charge in [0, 0.05) is 29.8 Å². The van der Waals surface area contributed by atoms with Crippen molar-refractivity contribution in [3.63, 3.8) is 0 Å². The molecule has 0 amide bonds. The Morgan fingerprint density at radius 2 is 1.91 bits per heavy atom. The zero-order valence-corrected chi connectivity index (χ0v) is 18.0. The number of methoxy groups -OCH3 is 2. The lowest BCUT2D eigenvalue weighted by atomic mass is 9.78. The third kappa shape index (κ3) is 3.49. The lowest BCUT2D eigenvalue weighted by molar-refractivity contribution is -0.384. The van der Waals surface area contributed by atoms with Gasteiger partial charge in [0.05, 0.1) is 19.1 Å². The minimum absolute atomic E-state index is 0.0405. The highest BCUT2D eigenvalue weighted by atomic mass is 16.6. The Morgan fingerprint density at radius 1 is 1.09 bits per heavy atom. The van der Waals surface area contributed by atoms with Gasteiger partial charge >= 0.3 is 0 Å². The van der Waals surface area contributed by atoms with Crippen molar-refractivity contribution in [2.75, 3.05) is 19.5 Å². The van der Waals surface area contributed by atoms with E-state index in [0.717, 1.165) is 11.3 Å². The highest BCUT2D eigenvalue weighted by Crippen LogP contribution is 2.45. The molecule has 2 aliphatic rings. The number of allylic oxidation sites excluding steroid dienone is 2. The number of aromatic nitrogens is 3. The Balaban J connectivity index is 1.57. The summed E-state index contributed by atoms with van der Waals surface area (Å²) in [5.41, 5.74) is 2.85. The van der Waals surface area contributed by atoms with E-state index in [1.54, 1.807) is 31.0 Å². The number of carbonyl (C=O) groups excluding carboxylic acids is 1. The van der Waals surface area contributed by atoms with Crippen LogP contribution in [-0.4, -0.2) is 39.7 Å². The van der Waals surface area contributed by atoms with Crippen LogP contribution in [0.25, 0.3) is 0 Å². The topological polar surface area (TPSA) is 121 Å². The quantitative estimate of drug-likeness (QED) is 0.465. The number of carbonyl (C=O) groups is 1. The molecule has 2 atom stereocenters. The van der Waals surface area contributed by atoms with Crippen LogP contribution in [0.2, 0.25) is 0 Å². The van der Waals surface area contributed by atoms with Crippen molar-refractivity contribution in [2.45, 2.75) is 24.8 Å². The second-order valence-corrected chi connectivity index (χ2v) is 7.94. The highest BCUT2D eigenvalue weighted by Gasteiger charge is 2.39. The highest BCUT2D eigenvalue weighted by molar-refractivity contribution is 6.00. The lowest BCUT2D eigenvalue weighted by Crippen LogP contribution is -2.33. The average molecular weight is 447 g/mol. The summed E-state index contributed by atoms with van der Waals surface area (Å²) < 4.78 is 12.4. The number of benzene rings is 2.